The molecule has 0 unspecified atom stereocenters. The Balaban J connectivity index is 2.59. The van der Waals surface area contributed by atoms with E-state index in [0.717, 1.165) is 30.5 Å². The molecule has 17 heavy (non-hydrogen) atoms. The van der Waals surface area contributed by atoms with E-state index in [2.05, 4.69) is 11.9 Å². The fraction of sp³-hybridized carbons (Fsp3) is 0.615. The minimum atomic E-state index is 0.521. The highest BCUT2D eigenvalue weighted by Gasteiger charge is 2.02. The van der Waals surface area contributed by atoms with E-state index in [1.54, 1.807) is 7.11 Å². The maximum absolute atomic E-state index is 5.66. The van der Waals surface area contributed by atoms with Gasteiger partial charge in [-0.25, -0.2) is 4.98 Å². The summed E-state index contributed by atoms with van der Waals surface area (Å²) in [5.74, 6) is 0.674. The van der Waals surface area contributed by atoms with Gasteiger partial charge >= 0.3 is 0 Å². The van der Waals surface area contributed by atoms with Crippen LogP contribution >= 0.6 is 0 Å². The van der Waals surface area contributed by atoms with Gasteiger partial charge in [0.25, 0.3) is 0 Å². The molecule has 0 spiro atoms. The standard InChI is InChI=1S/C13H22N2O2/c1-3-5-12-8-11(10-14)9-13(15-12)17-7-4-6-16-2/h8-9H,3-7,10,14H2,1-2H3. The van der Waals surface area contributed by atoms with E-state index < -0.39 is 0 Å². The van der Waals surface area contributed by atoms with Crippen LogP contribution in [0, 0.1) is 0 Å². The van der Waals surface area contributed by atoms with Crippen LogP contribution in [-0.4, -0.2) is 25.3 Å². The van der Waals surface area contributed by atoms with Gasteiger partial charge in [-0.3, -0.25) is 0 Å². The summed E-state index contributed by atoms with van der Waals surface area (Å²) >= 11 is 0. The summed E-state index contributed by atoms with van der Waals surface area (Å²) in [6, 6.07) is 3.96. The van der Waals surface area contributed by atoms with Crippen molar-refractivity contribution in [2.24, 2.45) is 5.73 Å². The summed E-state index contributed by atoms with van der Waals surface area (Å²) in [5, 5.41) is 0. The zero-order chi connectivity index (χ0) is 12.5. The number of rotatable bonds is 8. The molecule has 0 amide bonds. The van der Waals surface area contributed by atoms with Gasteiger partial charge in [-0.15, -0.1) is 0 Å². The number of nitrogens with two attached hydrogens (primary N) is 1. The van der Waals surface area contributed by atoms with E-state index in [4.69, 9.17) is 15.2 Å². The Kier molecular flexibility index (Phi) is 6.58. The molecule has 4 nitrogen and oxygen atoms in total. The number of methoxy groups -OCH3 is 1. The Hall–Kier alpha value is -1.13. The summed E-state index contributed by atoms with van der Waals surface area (Å²) in [4.78, 5) is 4.45. The highest BCUT2D eigenvalue weighted by Crippen LogP contribution is 2.14. The monoisotopic (exact) mass is 238 g/mol. The Morgan fingerprint density at radius 3 is 2.76 bits per heavy atom. The van der Waals surface area contributed by atoms with E-state index in [1.807, 2.05) is 12.1 Å². The fourth-order valence-corrected chi connectivity index (χ4v) is 1.58. The van der Waals surface area contributed by atoms with Crippen LogP contribution in [0.5, 0.6) is 5.88 Å². The summed E-state index contributed by atoms with van der Waals surface area (Å²) in [7, 11) is 1.69. The van der Waals surface area contributed by atoms with E-state index in [-0.39, 0.29) is 0 Å². The van der Waals surface area contributed by atoms with E-state index in [9.17, 15) is 0 Å². The first-order valence-corrected chi connectivity index (χ1v) is 6.11. The van der Waals surface area contributed by atoms with Gasteiger partial charge in [0.1, 0.15) is 0 Å². The van der Waals surface area contributed by atoms with Gasteiger partial charge < -0.3 is 15.2 Å². The zero-order valence-electron chi connectivity index (χ0n) is 10.7. The van der Waals surface area contributed by atoms with Gasteiger partial charge in [0.05, 0.1) is 6.61 Å². The molecule has 0 aliphatic rings. The molecule has 2 N–H and O–H groups in total. The van der Waals surface area contributed by atoms with Gasteiger partial charge in [0, 0.05) is 38.4 Å². The molecule has 4 heteroatoms. The molecule has 0 aliphatic heterocycles. The minimum Gasteiger partial charge on any atom is -0.478 e. The number of pyridine rings is 1. The van der Waals surface area contributed by atoms with Crippen LogP contribution < -0.4 is 10.5 Å². The number of aryl methyl sites for hydroxylation is 1. The quantitative estimate of drug-likeness (QED) is 0.703. The van der Waals surface area contributed by atoms with E-state index in [0.29, 0.717) is 25.6 Å². The molecule has 0 aromatic carbocycles. The average Bonchev–Trinajstić information content (AvgIpc) is 2.35. The normalized spacial score (nSPS) is 10.5. The van der Waals surface area contributed by atoms with Crippen LogP contribution in [0.25, 0.3) is 0 Å². The van der Waals surface area contributed by atoms with Crippen LogP contribution in [0.1, 0.15) is 31.0 Å². The summed E-state index contributed by atoms with van der Waals surface area (Å²) < 4.78 is 10.6. The summed E-state index contributed by atoms with van der Waals surface area (Å²) in [6.07, 6.45) is 2.90. The number of aromatic nitrogens is 1. The molecule has 0 aliphatic carbocycles. The van der Waals surface area contributed by atoms with Crippen molar-refractivity contribution in [1.29, 1.82) is 0 Å². The third kappa shape index (κ3) is 5.15. The van der Waals surface area contributed by atoms with Gasteiger partial charge in [-0.05, 0) is 18.1 Å². The largest absolute Gasteiger partial charge is 0.478 e. The van der Waals surface area contributed by atoms with Crippen molar-refractivity contribution >= 4 is 0 Å². The van der Waals surface area contributed by atoms with E-state index >= 15 is 0 Å². The third-order valence-corrected chi connectivity index (χ3v) is 2.40. The molecule has 1 aromatic rings. The molecule has 0 saturated heterocycles. The molecule has 0 saturated carbocycles. The molecule has 0 radical (unpaired) electrons. The third-order valence-electron chi connectivity index (χ3n) is 2.40. The Bertz CT molecular complexity index is 329. The van der Waals surface area contributed by atoms with Crippen molar-refractivity contribution in [2.75, 3.05) is 20.3 Å². The van der Waals surface area contributed by atoms with Crippen molar-refractivity contribution in [3.8, 4) is 5.88 Å². The summed E-state index contributed by atoms with van der Waals surface area (Å²) in [5.41, 5.74) is 7.78. The van der Waals surface area contributed by atoms with Crippen molar-refractivity contribution in [3.05, 3.63) is 23.4 Å². The van der Waals surface area contributed by atoms with Crippen molar-refractivity contribution in [1.82, 2.24) is 4.98 Å². The van der Waals surface area contributed by atoms with Crippen LogP contribution in [0.15, 0.2) is 12.1 Å². The molecule has 0 bridgehead atoms. The smallest absolute Gasteiger partial charge is 0.213 e. The first kappa shape index (κ1) is 13.9. The Morgan fingerprint density at radius 1 is 1.29 bits per heavy atom. The lowest BCUT2D eigenvalue weighted by molar-refractivity contribution is 0.170. The molecule has 0 atom stereocenters. The Morgan fingerprint density at radius 2 is 2.12 bits per heavy atom. The van der Waals surface area contributed by atoms with Crippen LogP contribution in [0.3, 0.4) is 0 Å². The second-order valence-corrected chi connectivity index (χ2v) is 3.95. The maximum Gasteiger partial charge on any atom is 0.213 e. The van der Waals surface area contributed by atoms with Crippen molar-refractivity contribution in [3.63, 3.8) is 0 Å². The molecule has 96 valence electrons. The Labute approximate surface area is 103 Å². The lowest BCUT2D eigenvalue weighted by atomic mass is 10.1. The first-order chi connectivity index (χ1) is 8.30. The average molecular weight is 238 g/mol. The second kappa shape index (κ2) is 8.03. The molecular formula is C13H22N2O2. The topological polar surface area (TPSA) is 57.4 Å². The molecule has 1 aromatic heterocycles. The fourth-order valence-electron chi connectivity index (χ4n) is 1.58. The number of hydrogen-bond donors (Lipinski definition) is 1. The predicted molar refractivity (Wildman–Crippen MR) is 68.1 cm³/mol. The van der Waals surface area contributed by atoms with E-state index in [1.165, 1.54) is 0 Å². The number of hydrogen-bond acceptors (Lipinski definition) is 4. The highest BCUT2D eigenvalue weighted by molar-refractivity contribution is 5.25. The maximum atomic E-state index is 5.66. The predicted octanol–water partition coefficient (Wildman–Crippen LogP) is 1.91. The molecule has 1 heterocycles. The van der Waals surface area contributed by atoms with Crippen LogP contribution in [0.2, 0.25) is 0 Å². The van der Waals surface area contributed by atoms with Crippen molar-refractivity contribution < 1.29 is 9.47 Å². The molecule has 0 fully saturated rings. The highest BCUT2D eigenvalue weighted by atomic mass is 16.5. The van der Waals surface area contributed by atoms with Crippen LogP contribution in [0.4, 0.5) is 0 Å². The van der Waals surface area contributed by atoms with Gasteiger partial charge in [-0.2, -0.15) is 0 Å². The van der Waals surface area contributed by atoms with Gasteiger partial charge in [0.2, 0.25) is 5.88 Å². The minimum absolute atomic E-state index is 0.521. The lowest BCUT2D eigenvalue weighted by Gasteiger charge is -2.09. The van der Waals surface area contributed by atoms with Crippen LogP contribution in [-0.2, 0) is 17.7 Å². The van der Waals surface area contributed by atoms with Crippen molar-refractivity contribution in [2.45, 2.75) is 32.7 Å². The second-order valence-electron chi connectivity index (χ2n) is 3.95. The summed E-state index contributed by atoms with van der Waals surface area (Å²) in [6.45, 7) is 3.99. The lowest BCUT2D eigenvalue weighted by Crippen LogP contribution is -2.06. The number of ether oxygens (including phenoxy) is 2. The number of nitrogens with zero attached hydrogens (tertiary/aromatic N) is 1. The zero-order valence-corrected chi connectivity index (χ0v) is 10.7. The SMILES string of the molecule is CCCc1cc(CN)cc(OCCCOC)n1. The van der Waals surface area contributed by atoms with Gasteiger partial charge in [0.15, 0.2) is 0 Å². The molecule has 1 rings (SSSR count). The van der Waals surface area contributed by atoms with Gasteiger partial charge in [-0.1, -0.05) is 13.3 Å². The first-order valence-electron chi connectivity index (χ1n) is 6.11. The molecular weight excluding hydrogens is 216 g/mol.